The van der Waals surface area contributed by atoms with E-state index in [1.165, 1.54) is 6.08 Å². The second kappa shape index (κ2) is 7.61. The molecule has 0 aliphatic carbocycles. The summed E-state index contributed by atoms with van der Waals surface area (Å²) < 4.78 is 37.2. The van der Waals surface area contributed by atoms with Gasteiger partial charge in [-0.15, -0.1) is 17.0 Å². The van der Waals surface area contributed by atoms with Gasteiger partial charge in [0.1, 0.15) is 0 Å². The van der Waals surface area contributed by atoms with Crippen molar-refractivity contribution in [1.29, 1.82) is 0 Å². The lowest BCUT2D eigenvalue weighted by atomic mass is 10.1. The Bertz CT molecular complexity index is 661. The van der Waals surface area contributed by atoms with E-state index in [-0.39, 0.29) is 28.3 Å². The van der Waals surface area contributed by atoms with Crippen LogP contribution in [0.5, 0.6) is 0 Å². The number of benzene rings is 2. The average Bonchev–Trinajstić information content (AvgIpc) is 2.45. The van der Waals surface area contributed by atoms with Gasteiger partial charge in [0.05, 0.1) is 5.56 Å². The molecule has 0 radical (unpaired) electrons. The highest BCUT2D eigenvalue weighted by Crippen LogP contribution is 2.29. The van der Waals surface area contributed by atoms with Gasteiger partial charge in [-0.2, -0.15) is 13.2 Å². The van der Waals surface area contributed by atoms with Crippen molar-refractivity contribution >= 4 is 40.4 Å². The maximum Gasteiger partial charge on any atom is 0.416 e. The molecule has 0 unspecified atom stereocenters. The highest BCUT2D eigenvalue weighted by molar-refractivity contribution is 8.93. The molecule has 0 aromatic heterocycles. The third kappa shape index (κ3) is 5.00. The molecule has 0 aliphatic heterocycles. The molecule has 6 heteroatoms. The van der Waals surface area contributed by atoms with E-state index in [1.807, 2.05) is 0 Å². The maximum atomic E-state index is 12.4. The van der Waals surface area contributed by atoms with Crippen molar-refractivity contribution in [3.05, 3.63) is 76.3 Å². The van der Waals surface area contributed by atoms with Crippen LogP contribution in [0.15, 0.2) is 54.6 Å². The summed E-state index contributed by atoms with van der Waals surface area (Å²) in [4.78, 5) is 11.9. The van der Waals surface area contributed by atoms with Crippen molar-refractivity contribution in [3.8, 4) is 0 Å². The number of hydrogen-bond acceptors (Lipinski definition) is 1. The fourth-order valence-corrected chi connectivity index (χ4v) is 1.79. The molecule has 0 saturated carbocycles. The largest absolute Gasteiger partial charge is 0.416 e. The van der Waals surface area contributed by atoms with Crippen LogP contribution in [0.1, 0.15) is 21.5 Å². The number of rotatable bonds is 3. The van der Waals surface area contributed by atoms with Crippen molar-refractivity contribution in [2.45, 2.75) is 6.18 Å². The molecule has 0 saturated heterocycles. The van der Waals surface area contributed by atoms with Gasteiger partial charge in [-0.25, -0.2) is 0 Å². The van der Waals surface area contributed by atoms with E-state index < -0.39 is 11.7 Å². The van der Waals surface area contributed by atoms with E-state index in [0.29, 0.717) is 5.02 Å². The Morgan fingerprint density at radius 3 is 2.00 bits per heavy atom. The van der Waals surface area contributed by atoms with Crippen molar-refractivity contribution in [3.63, 3.8) is 0 Å². The van der Waals surface area contributed by atoms with Gasteiger partial charge in [0.2, 0.25) is 0 Å². The Morgan fingerprint density at radius 1 is 0.955 bits per heavy atom. The molecule has 0 fully saturated rings. The monoisotopic (exact) mass is 390 g/mol. The Kier molecular flexibility index (Phi) is 6.38. The van der Waals surface area contributed by atoms with E-state index in [4.69, 9.17) is 11.6 Å². The SMILES string of the molecule is Br.O=C(/C=C/c1ccc(Cl)cc1)c1ccc(C(F)(F)F)cc1. The van der Waals surface area contributed by atoms with E-state index in [2.05, 4.69) is 0 Å². The van der Waals surface area contributed by atoms with Gasteiger partial charge >= 0.3 is 6.18 Å². The van der Waals surface area contributed by atoms with Crippen LogP contribution in [-0.4, -0.2) is 5.78 Å². The number of ketones is 1. The third-order valence-corrected chi connectivity index (χ3v) is 3.05. The smallest absolute Gasteiger partial charge is 0.289 e. The van der Waals surface area contributed by atoms with E-state index in [1.54, 1.807) is 30.3 Å². The fourth-order valence-electron chi connectivity index (χ4n) is 1.67. The number of alkyl halides is 3. The van der Waals surface area contributed by atoms with Gasteiger partial charge in [-0.3, -0.25) is 4.79 Å². The van der Waals surface area contributed by atoms with Crippen LogP contribution in [0, 0.1) is 0 Å². The lowest BCUT2D eigenvalue weighted by molar-refractivity contribution is -0.137. The molecule has 0 atom stereocenters. The molecule has 0 spiro atoms. The minimum absolute atomic E-state index is 0. The van der Waals surface area contributed by atoms with E-state index in [9.17, 15) is 18.0 Å². The molecule has 0 heterocycles. The summed E-state index contributed by atoms with van der Waals surface area (Å²) >= 11 is 5.74. The molecule has 0 aliphatic rings. The Labute approximate surface area is 141 Å². The lowest BCUT2D eigenvalue weighted by Crippen LogP contribution is -2.05. The average molecular weight is 392 g/mol. The molecular weight excluding hydrogens is 381 g/mol. The Balaban J connectivity index is 0.00000242. The summed E-state index contributed by atoms with van der Waals surface area (Å²) in [6.07, 6.45) is -1.51. The lowest BCUT2D eigenvalue weighted by Gasteiger charge is -2.06. The summed E-state index contributed by atoms with van der Waals surface area (Å²) in [6, 6.07) is 11.0. The van der Waals surface area contributed by atoms with Gasteiger partial charge in [-0.05, 0) is 35.9 Å². The predicted molar refractivity (Wildman–Crippen MR) is 86.6 cm³/mol. The quantitative estimate of drug-likeness (QED) is 0.475. The summed E-state index contributed by atoms with van der Waals surface area (Å²) in [5, 5.41) is 0.584. The van der Waals surface area contributed by atoms with Gasteiger partial charge < -0.3 is 0 Å². The number of carbonyl (C=O) groups excluding carboxylic acids is 1. The van der Waals surface area contributed by atoms with Crippen LogP contribution < -0.4 is 0 Å². The zero-order chi connectivity index (χ0) is 15.5. The number of halogens is 5. The molecule has 116 valence electrons. The topological polar surface area (TPSA) is 17.1 Å². The highest BCUT2D eigenvalue weighted by atomic mass is 79.9. The molecule has 2 aromatic rings. The van der Waals surface area contributed by atoms with Crippen molar-refractivity contribution in [1.82, 2.24) is 0 Å². The van der Waals surface area contributed by atoms with Crippen LogP contribution >= 0.6 is 28.6 Å². The van der Waals surface area contributed by atoms with Crippen LogP contribution in [0.4, 0.5) is 13.2 Å². The zero-order valence-corrected chi connectivity index (χ0v) is 13.6. The van der Waals surface area contributed by atoms with Crippen LogP contribution in [0.25, 0.3) is 6.08 Å². The molecule has 2 rings (SSSR count). The fraction of sp³-hybridized carbons (Fsp3) is 0.0625. The molecular formula is C16H11BrClF3O. The minimum atomic E-state index is -4.40. The van der Waals surface area contributed by atoms with Crippen LogP contribution in [0.3, 0.4) is 0 Å². The zero-order valence-electron chi connectivity index (χ0n) is 11.1. The van der Waals surface area contributed by atoms with Crippen molar-refractivity contribution < 1.29 is 18.0 Å². The van der Waals surface area contributed by atoms with Gasteiger partial charge in [0.15, 0.2) is 5.78 Å². The molecule has 22 heavy (non-hydrogen) atoms. The van der Waals surface area contributed by atoms with E-state index >= 15 is 0 Å². The molecule has 0 amide bonds. The first-order valence-corrected chi connectivity index (χ1v) is 6.39. The number of carbonyl (C=O) groups is 1. The van der Waals surface area contributed by atoms with Crippen LogP contribution in [-0.2, 0) is 6.18 Å². The van der Waals surface area contributed by atoms with Crippen molar-refractivity contribution in [2.75, 3.05) is 0 Å². The van der Waals surface area contributed by atoms with Crippen molar-refractivity contribution in [2.24, 2.45) is 0 Å². The first-order chi connectivity index (χ1) is 9.86. The summed E-state index contributed by atoms with van der Waals surface area (Å²) in [7, 11) is 0. The minimum Gasteiger partial charge on any atom is -0.289 e. The Hall–Kier alpha value is -1.59. The summed E-state index contributed by atoms with van der Waals surface area (Å²) in [5.74, 6) is -0.362. The normalized spacial score (nSPS) is 11.3. The first-order valence-electron chi connectivity index (χ1n) is 6.01. The van der Waals surface area contributed by atoms with Gasteiger partial charge in [-0.1, -0.05) is 41.9 Å². The summed E-state index contributed by atoms with van der Waals surface area (Å²) in [5.41, 5.74) is 0.202. The molecule has 0 N–H and O–H groups in total. The number of hydrogen-bond donors (Lipinski definition) is 0. The molecule has 2 aromatic carbocycles. The Morgan fingerprint density at radius 2 is 1.50 bits per heavy atom. The van der Waals surface area contributed by atoms with E-state index in [0.717, 1.165) is 29.8 Å². The highest BCUT2D eigenvalue weighted by Gasteiger charge is 2.30. The second-order valence-corrected chi connectivity index (χ2v) is 4.76. The third-order valence-electron chi connectivity index (χ3n) is 2.79. The van der Waals surface area contributed by atoms with Gasteiger partial charge in [0, 0.05) is 10.6 Å². The number of allylic oxidation sites excluding steroid dienone is 1. The molecule has 0 bridgehead atoms. The predicted octanol–water partition coefficient (Wildman–Crippen LogP) is 5.83. The van der Waals surface area contributed by atoms with Crippen LogP contribution in [0.2, 0.25) is 5.02 Å². The standard InChI is InChI=1S/C16H10ClF3O.BrH/c17-14-8-1-11(2-9-14)3-10-15(21)12-4-6-13(7-5-12)16(18,19)20;/h1-10H;1H/b10-3+;. The van der Waals surface area contributed by atoms with Gasteiger partial charge in [0.25, 0.3) is 0 Å². The maximum absolute atomic E-state index is 12.4. The first kappa shape index (κ1) is 18.5. The molecule has 1 nitrogen and oxygen atoms in total. The second-order valence-electron chi connectivity index (χ2n) is 4.32. The summed E-state index contributed by atoms with van der Waals surface area (Å²) in [6.45, 7) is 0.